The Hall–Kier alpha value is -4.76. The molecule has 0 fully saturated rings. The molecule has 0 aliphatic heterocycles. The second kappa shape index (κ2) is 12.0. The monoisotopic (exact) mass is 596 g/mol. The maximum absolute atomic E-state index is 12.6. The molecule has 2 N–H and O–H groups in total. The highest BCUT2D eigenvalue weighted by Crippen LogP contribution is 2.26. The van der Waals surface area contributed by atoms with Crippen LogP contribution in [0.1, 0.15) is 21.5 Å². The number of aromatic amines is 1. The number of anilines is 1. The fourth-order valence-corrected chi connectivity index (χ4v) is 4.60. The van der Waals surface area contributed by atoms with Crippen LogP contribution in [0.3, 0.4) is 0 Å². The number of nitrogens with one attached hydrogen (secondary N) is 2. The molecule has 8 nitrogen and oxygen atoms in total. The van der Waals surface area contributed by atoms with E-state index in [9.17, 15) is 9.59 Å². The molecule has 0 spiro atoms. The van der Waals surface area contributed by atoms with Gasteiger partial charge in [-0.15, -0.1) is 0 Å². The molecule has 0 radical (unpaired) electrons. The number of carbonyl (C=O) groups is 2. The predicted molar refractivity (Wildman–Crippen MR) is 160 cm³/mol. The van der Waals surface area contributed by atoms with E-state index in [1.165, 1.54) is 7.11 Å². The van der Waals surface area contributed by atoms with Gasteiger partial charge in [-0.25, -0.2) is 4.98 Å². The average molecular weight is 597 g/mol. The van der Waals surface area contributed by atoms with E-state index in [1.807, 2.05) is 66.7 Å². The molecule has 40 heavy (non-hydrogen) atoms. The smallest absolute Gasteiger partial charge is 0.309 e. The predicted octanol–water partition coefficient (Wildman–Crippen LogP) is 6.72. The van der Waals surface area contributed by atoms with Gasteiger partial charge in [0.25, 0.3) is 5.91 Å². The largest absolute Gasteiger partial charge is 0.496 e. The van der Waals surface area contributed by atoms with Crippen molar-refractivity contribution in [3.05, 3.63) is 106 Å². The number of fused-ring (bicyclic) bond motifs is 1. The van der Waals surface area contributed by atoms with E-state index < -0.39 is 0 Å². The molecule has 0 saturated heterocycles. The first kappa shape index (κ1) is 26.8. The third-order valence-electron chi connectivity index (χ3n) is 6.21. The van der Waals surface area contributed by atoms with Gasteiger partial charge in [0, 0.05) is 23.0 Å². The summed E-state index contributed by atoms with van der Waals surface area (Å²) in [5.41, 5.74) is 6.36. The van der Waals surface area contributed by atoms with Gasteiger partial charge in [-0.3, -0.25) is 14.6 Å². The van der Waals surface area contributed by atoms with Crippen molar-refractivity contribution in [2.75, 3.05) is 19.5 Å². The number of halogens is 1. The van der Waals surface area contributed by atoms with Gasteiger partial charge in [0.1, 0.15) is 11.6 Å². The normalized spacial score (nSPS) is 11.1. The first-order valence-corrected chi connectivity index (χ1v) is 13.2. The molecule has 5 aromatic rings. The van der Waals surface area contributed by atoms with E-state index in [0.29, 0.717) is 21.5 Å². The summed E-state index contributed by atoms with van der Waals surface area (Å²) in [7, 11) is 2.96. The number of aliphatic imine (C=N–C) groups is 1. The van der Waals surface area contributed by atoms with Gasteiger partial charge in [0.2, 0.25) is 0 Å². The van der Waals surface area contributed by atoms with E-state index in [-0.39, 0.29) is 18.3 Å². The lowest BCUT2D eigenvalue weighted by atomic mass is 10.1. The number of methoxy groups -OCH3 is 2. The van der Waals surface area contributed by atoms with Crippen molar-refractivity contribution in [2.45, 2.75) is 6.42 Å². The summed E-state index contributed by atoms with van der Waals surface area (Å²) in [6.07, 6.45) is 1.98. The van der Waals surface area contributed by atoms with Crippen LogP contribution < -0.4 is 10.1 Å². The number of carbonyl (C=O) groups excluding carboxylic acids is 2. The Bertz CT molecular complexity index is 1710. The van der Waals surface area contributed by atoms with Crippen molar-refractivity contribution in [1.82, 2.24) is 9.97 Å². The number of esters is 1. The van der Waals surface area contributed by atoms with Crippen LogP contribution in [0, 0.1) is 0 Å². The third-order valence-corrected chi connectivity index (χ3v) is 6.83. The van der Waals surface area contributed by atoms with Gasteiger partial charge in [-0.05, 0) is 93.8 Å². The van der Waals surface area contributed by atoms with E-state index in [4.69, 9.17) is 9.47 Å². The van der Waals surface area contributed by atoms with Gasteiger partial charge >= 0.3 is 5.97 Å². The number of H-pyrrole nitrogens is 1. The van der Waals surface area contributed by atoms with Crippen LogP contribution >= 0.6 is 15.9 Å². The Balaban J connectivity index is 1.21. The number of imidazole rings is 1. The molecule has 1 heterocycles. The molecule has 0 unspecified atom stereocenters. The van der Waals surface area contributed by atoms with Crippen LogP contribution in [0.5, 0.6) is 5.75 Å². The van der Waals surface area contributed by atoms with Crippen LogP contribution in [0.2, 0.25) is 0 Å². The molecule has 0 saturated carbocycles. The highest BCUT2D eigenvalue weighted by atomic mass is 79.9. The van der Waals surface area contributed by atoms with Crippen molar-refractivity contribution in [1.29, 1.82) is 0 Å². The van der Waals surface area contributed by atoms with Gasteiger partial charge in [0.15, 0.2) is 0 Å². The van der Waals surface area contributed by atoms with Crippen molar-refractivity contribution >= 4 is 56.4 Å². The summed E-state index contributed by atoms with van der Waals surface area (Å²) in [5.74, 6) is 0.907. The Kier molecular flexibility index (Phi) is 8.02. The lowest BCUT2D eigenvalue weighted by molar-refractivity contribution is -0.139. The van der Waals surface area contributed by atoms with Crippen LogP contribution in [0.15, 0.2) is 94.4 Å². The summed E-state index contributed by atoms with van der Waals surface area (Å²) in [5, 5.41) is 2.89. The third kappa shape index (κ3) is 6.27. The summed E-state index contributed by atoms with van der Waals surface area (Å²) >= 11 is 3.40. The van der Waals surface area contributed by atoms with Gasteiger partial charge in [-0.2, -0.15) is 0 Å². The van der Waals surface area contributed by atoms with Gasteiger partial charge in [0.05, 0.1) is 41.8 Å². The number of aromatic nitrogens is 2. The fraction of sp³-hybridized carbons (Fsp3) is 0.0968. The van der Waals surface area contributed by atoms with Crippen molar-refractivity contribution in [3.63, 3.8) is 0 Å². The fourth-order valence-electron chi connectivity index (χ4n) is 4.06. The summed E-state index contributed by atoms with van der Waals surface area (Å²) in [6.45, 7) is 0. The molecular formula is C31H25BrN4O4. The molecule has 1 aromatic heterocycles. The summed E-state index contributed by atoms with van der Waals surface area (Å²) in [4.78, 5) is 36.7. The van der Waals surface area contributed by atoms with E-state index in [0.717, 1.165) is 39.2 Å². The average Bonchev–Trinajstić information content (AvgIpc) is 3.40. The zero-order chi connectivity index (χ0) is 28.1. The summed E-state index contributed by atoms with van der Waals surface area (Å²) in [6, 6.07) is 26.0. The first-order valence-electron chi connectivity index (χ1n) is 12.4. The van der Waals surface area contributed by atoms with Crippen LogP contribution in [0.4, 0.5) is 11.4 Å². The number of hydrogen-bond acceptors (Lipinski definition) is 6. The van der Waals surface area contributed by atoms with Crippen LogP contribution in [-0.2, 0) is 16.0 Å². The number of nitrogens with zero attached hydrogens (tertiary/aromatic N) is 2. The second-order valence-corrected chi connectivity index (χ2v) is 9.77. The Morgan fingerprint density at radius 2 is 1.75 bits per heavy atom. The minimum absolute atomic E-state index is 0.212. The SMILES string of the molecule is COC(=O)Cc1ccc2nc(-c3ccc(N=Cc4ccc(NC(=O)c5ccc(OC)c(Br)c5)cc4)cc3)[nH]c2c1. The maximum Gasteiger partial charge on any atom is 0.309 e. The molecular weight excluding hydrogens is 572 g/mol. The van der Waals surface area contributed by atoms with Crippen LogP contribution in [0.25, 0.3) is 22.4 Å². The lowest BCUT2D eigenvalue weighted by Crippen LogP contribution is -2.11. The first-order chi connectivity index (χ1) is 19.4. The number of amides is 1. The van der Waals surface area contributed by atoms with E-state index in [1.54, 1.807) is 31.5 Å². The molecule has 0 bridgehead atoms. The molecule has 200 valence electrons. The van der Waals surface area contributed by atoms with E-state index in [2.05, 4.69) is 36.2 Å². The molecule has 9 heteroatoms. The number of benzene rings is 4. The minimum atomic E-state index is -0.281. The van der Waals surface area contributed by atoms with Crippen molar-refractivity contribution in [2.24, 2.45) is 4.99 Å². The molecule has 4 aromatic carbocycles. The quantitative estimate of drug-likeness (QED) is 0.153. The Morgan fingerprint density at radius 3 is 2.45 bits per heavy atom. The minimum Gasteiger partial charge on any atom is -0.496 e. The highest BCUT2D eigenvalue weighted by Gasteiger charge is 2.10. The molecule has 5 rings (SSSR count). The zero-order valence-corrected chi connectivity index (χ0v) is 23.4. The van der Waals surface area contributed by atoms with Gasteiger partial charge in [-0.1, -0.05) is 18.2 Å². The van der Waals surface area contributed by atoms with Crippen LogP contribution in [-0.4, -0.2) is 42.3 Å². The second-order valence-electron chi connectivity index (χ2n) is 8.92. The number of hydrogen-bond donors (Lipinski definition) is 2. The van der Waals surface area contributed by atoms with Crippen molar-refractivity contribution in [3.8, 4) is 17.1 Å². The maximum atomic E-state index is 12.6. The Morgan fingerprint density at radius 1 is 0.975 bits per heavy atom. The topological polar surface area (TPSA) is 106 Å². The van der Waals surface area contributed by atoms with Crippen molar-refractivity contribution < 1.29 is 19.1 Å². The zero-order valence-electron chi connectivity index (χ0n) is 21.8. The standard InChI is InChI=1S/C31H25BrN4O4/c1-39-28-14-8-22(17-25(28)32)31(38)34-24-9-3-19(4-10-24)18-33-23-11-6-21(7-12-23)30-35-26-13-5-20(15-27(26)36-30)16-29(37)40-2/h3-15,17-18H,16H2,1-2H3,(H,34,38)(H,35,36). The molecule has 0 atom stereocenters. The molecule has 0 aliphatic rings. The number of rotatable bonds is 8. The number of ether oxygens (including phenoxy) is 2. The van der Waals surface area contributed by atoms with Gasteiger partial charge < -0.3 is 19.8 Å². The summed E-state index contributed by atoms with van der Waals surface area (Å²) < 4.78 is 10.7. The highest BCUT2D eigenvalue weighted by molar-refractivity contribution is 9.10. The lowest BCUT2D eigenvalue weighted by Gasteiger charge is -2.08. The molecule has 1 amide bonds. The molecule has 0 aliphatic carbocycles. The van der Waals surface area contributed by atoms with E-state index >= 15 is 0 Å². The Labute approximate surface area is 239 Å².